The molecule has 0 aromatic heterocycles. The van der Waals surface area contributed by atoms with Crippen LogP contribution in [0.2, 0.25) is 0 Å². The number of rotatable bonds is 0. The Labute approximate surface area is 58.9 Å². The number of hydrogen-bond acceptors (Lipinski definition) is 3. The van der Waals surface area contributed by atoms with Gasteiger partial charge < -0.3 is 15.3 Å². The molecule has 0 spiro atoms. The molecule has 0 saturated heterocycles. The minimum atomic E-state index is -1.13. The van der Waals surface area contributed by atoms with Gasteiger partial charge in [-0.2, -0.15) is 0 Å². The summed E-state index contributed by atoms with van der Waals surface area (Å²) in [5.74, 6) is -0.205. The Kier molecular flexibility index (Phi) is 1.78. The van der Waals surface area contributed by atoms with Gasteiger partial charge in [-0.15, -0.1) is 0 Å². The highest BCUT2D eigenvalue weighted by Gasteiger charge is 2.24. The van der Waals surface area contributed by atoms with Crippen molar-refractivity contribution >= 4 is 0 Å². The monoisotopic (exact) mass is 142 g/mol. The first-order valence-electron chi connectivity index (χ1n) is 3.05. The van der Waals surface area contributed by atoms with Crippen molar-refractivity contribution < 1.29 is 15.3 Å². The van der Waals surface area contributed by atoms with Gasteiger partial charge in [-0.1, -0.05) is 6.58 Å². The Balaban J connectivity index is 2.80. The summed E-state index contributed by atoms with van der Waals surface area (Å²) in [6.45, 7) is 3.54. The maximum absolute atomic E-state index is 9.01. The van der Waals surface area contributed by atoms with Crippen molar-refractivity contribution in [2.45, 2.75) is 18.6 Å². The van der Waals surface area contributed by atoms with Gasteiger partial charge in [0, 0.05) is 6.42 Å². The Bertz CT molecular complexity index is 183. The van der Waals surface area contributed by atoms with Crippen molar-refractivity contribution in [3.8, 4) is 0 Å². The third-order valence-electron chi connectivity index (χ3n) is 1.49. The minimum absolute atomic E-state index is 0.205. The third kappa shape index (κ3) is 1.20. The molecule has 3 nitrogen and oxygen atoms in total. The highest BCUT2D eigenvalue weighted by atomic mass is 16.4. The van der Waals surface area contributed by atoms with E-state index >= 15 is 0 Å². The van der Waals surface area contributed by atoms with Gasteiger partial charge in [0.1, 0.15) is 11.9 Å². The van der Waals surface area contributed by atoms with Crippen molar-refractivity contribution in [1.29, 1.82) is 0 Å². The summed E-state index contributed by atoms with van der Waals surface area (Å²) in [7, 11) is 0. The van der Waals surface area contributed by atoms with Crippen LogP contribution in [0.3, 0.4) is 0 Å². The largest absolute Gasteiger partial charge is 0.509 e. The van der Waals surface area contributed by atoms with Crippen LogP contribution in [0.5, 0.6) is 0 Å². The lowest BCUT2D eigenvalue weighted by Crippen LogP contribution is -2.30. The number of hydrogen-bond donors (Lipinski definition) is 3. The van der Waals surface area contributed by atoms with Crippen molar-refractivity contribution in [2.75, 3.05) is 0 Å². The average molecular weight is 142 g/mol. The Morgan fingerprint density at radius 3 is 2.60 bits per heavy atom. The van der Waals surface area contributed by atoms with Crippen molar-refractivity contribution in [3.63, 3.8) is 0 Å². The van der Waals surface area contributed by atoms with Crippen LogP contribution in [0.4, 0.5) is 0 Å². The summed E-state index contributed by atoms with van der Waals surface area (Å²) in [5, 5.41) is 26.9. The van der Waals surface area contributed by atoms with E-state index < -0.39 is 12.2 Å². The summed E-state index contributed by atoms with van der Waals surface area (Å²) >= 11 is 0. The second kappa shape index (κ2) is 2.44. The summed E-state index contributed by atoms with van der Waals surface area (Å²) < 4.78 is 0. The van der Waals surface area contributed by atoms with Crippen molar-refractivity contribution in [2.24, 2.45) is 0 Å². The van der Waals surface area contributed by atoms with E-state index in [1.54, 1.807) is 0 Å². The molecule has 3 N–H and O–H groups in total. The number of aliphatic hydroxyl groups is 3. The van der Waals surface area contributed by atoms with Crippen LogP contribution in [-0.4, -0.2) is 27.5 Å². The van der Waals surface area contributed by atoms with Crippen LogP contribution < -0.4 is 0 Å². The normalized spacial score (nSPS) is 33.8. The van der Waals surface area contributed by atoms with Crippen molar-refractivity contribution in [1.82, 2.24) is 0 Å². The Morgan fingerprint density at radius 2 is 2.10 bits per heavy atom. The smallest absolute Gasteiger partial charge is 0.137 e. The van der Waals surface area contributed by atoms with Gasteiger partial charge in [-0.3, -0.25) is 0 Å². The van der Waals surface area contributed by atoms with Crippen LogP contribution in [0.25, 0.3) is 0 Å². The average Bonchev–Trinajstić information content (AvgIpc) is 1.82. The molecule has 1 rings (SSSR count). The summed E-state index contributed by atoms with van der Waals surface area (Å²) in [4.78, 5) is 0. The highest BCUT2D eigenvalue weighted by molar-refractivity contribution is 5.25. The lowest BCUT2D eigenvalue weighted by molar-refractivity contribution is 0.0143. The lowest BCUT2D eigenvalue weighted by Gasteiger charge is -2.21. The van der Waals surface area contributed by atoms with Gasteiger partial charge in [0.2, 0.25) is 0 Å². The molecule has 0 aromatic carbocycles. The van der Waals surface area contributed by atoms with Gasteiger partial charge in [-0.05, 0) is 11.6 Å². The zero-order chi connectivity index (χ0) is 7.72. The Hall–Kier alpha value is -0.800. The maximum Gasteiger partial charge on any atom is 0.137 e. The molecule has 1 aliphatic rings. The molecule has 0 bridgehead atoms. The molecular formula is C7H10O3. The van der Waals surface area contributed by atoms with Crippen LogP contribution in [0.1, 0.15) is 6.42 Å². The quantitative estimate of drug-likeness (QED) is 0.450. The molecule has 2 unspecified atom stereocenters. The Morgan fingerprint density at radius 1 is 1.50 bits per heavy atom. The fourth-order valence-corrected chi connectivity index (χ4v) is 0.931. The first-order valence-corrected chi connectivity index (χ1v) is 3.05. The van der Waals surface area contributed by atoms with E-state index in [4.69, 9.17) is 15.3 Å². The fourth-order valence-electron chi connectivity index (χ4n) is 0.931. The summed E-state index contributed by atoms with van der Waals surface area (Å²) in [5.41, 5.74) is 0.635. The predicted octanol–water partition coefficient (Wildman–Crippen LogP) is 0.110. The van der Waals surface area contributed by atoms with E-state index in [2.05, 4.69) is 6.58 Å². The molecule has 10 heavy (non-hydrogen) atoms. The molecular weight excluding hydrogens is 132 g/mol. The molecule has 0 radical (unpaired) electrons. The third-order valence-corrected chi connectivity index (χ3v) is 1.49. The van der Waals surface area contributed by atoms with E-state index in [0.717, 1.165) is 0 Å². The first-order chi connectivity index (χ1) is 4.61. The number of aliphatic hydroxyl groups excluding tert-OH is 3. The van der Waals surface area contributed by atoms with E-state index in [1.165, 1.54) is 6.08 Å². The van der Waals surface area contributed by atoms with E-state index in [9.17, 15) is 0 Å². The van der Waals surface area contributed by atoms with Gasteiger partial charge in [0.15, 0.2) is 0 Å². The number of allylic oxidation sites excluding steroid dienone is 1. The van der Waals surface area contributed by atoms with E-state index in [1.807, 2.05) is 0 Å². The molecule has 0 saturated carbocycles. The maximum atomic E-state index is 9.01. The van der Waals surface area contributed by atoms with Gasteiger partial charge >= 0.3 is 0 Å². The first kappa shape index (κ1) is 7.31. The molecule has 0 aliphatic heterocycles. The summed E-state index contributed by atoms with van der Waals surface area (Å²) in [6.07, 6.45) is -0.342. The van der Waals surface area contributed by atoms with Crippen LogP contribution in [-0.2, 0) is 0 Å². The minimum Gasteiger partial charge on any atom is -0.509 e. The van der Waals surface area contributed by atoms with Gasteiger partial charge in [0.05, 0.1) is 6.10 Å². The molecule has 1 aliphatic carbocycles. The molecule has 3 heteroatoms. The topological polar surface area (TPSA) is 60.7 Å². The van der Waals surface area contributed by atoms with Crippen molar-refractivity contribution in [3.05, 3.63) is 24.0 Å². The molecule has 0 fully saturated rings. The van der Waals surface area contributed by atoms with Crippen LogP contribution >= 0.6 is 0 Å². The summed E-state index contributed by atoms with van der Waals surface area (Å²) in [6, 6.07) is 0. The zero-order valence-electron chi connectivity index (χ0n) is 5.49. The van der Waals surface area contributed by atoms with Crippen LogP contribution in [0.15, 0.2) is 24.0 Å². The molecule has 2 atom stereocenters. The molecule has 0 aromatic rings. The van der Waals surface area contributed by atoms with Crippen LogP contribution in [0, 0.1) is 0 Å². The van der Waals surface area contributed by atoms with E-state index in [0.29, 0.717) is 12.0 Å². The molecule has 0 amide bonds. The predicted molar refractivity (Wildman–Crippen MR) is 36.5 cm³/mol. The lowest BCUT2D eigenvalue weighted by atomic mass is 9.97. The SMILES string of the molecule is C=C1C=C(O)C(O)C(O)C1. The zero-order valence-corrected chi connectivity index (χ0v) is 5.49. The second-order valence-electron chi connectivity index (χ2n) is 2.44. The fraction of sp³-hybridized carbons (Fsp3) is 0.429. The van der Waals surface area contributed by atoms with E-state index in [-0.39, 0.29) is 5.76 Å². The van der Waals surface area contributed by atoms with Gasteiger partial charge in [0.25, 0.3) is 0 Å². The standard InChI is InChI=1S/C7H10O3/c1-4-2-5(8)7(10)6(9)3-4/h2,6-10H,1,3H2. The highest BCUT2D eigenvalue weighted by Crippen LogP contribution is 2.19. The molecule has 56 valence electrons. The second-order valence-corrected chi connectivity index (χ2v) is 2.44. The molecule has 0 heterocycles. The van der Waals surface area contributed by atoms with Gasteiger partial charge in [-0.25, -0.2) is 0 Å².